The van der Waals surface area contributed by atoms with Crippen molar-refractivity contribution in [2.45, 2.75) is 24.1 Å². The molecule has 0 bridgehead atoms. The van der Waals surface area contributed by atoms with Gasteiger partial charge in [0.2, 0.25) is 0 Å². The smallest absolute Gasteiger partial charge is 0.252 e. The number of halogens is 1. The van der Waals surface area contributed by atoms with Crippen molar-refractivity contribution in [3.63, 3.8) is 0 Å². The van der Waals surface area contributed by atoms with Crippen molar-refractivity contribution in [2.24, 2.45) is 5.92 Å². The number of hydrogen-bond acceptors (Lipinski definition) is 2. The van der Waals surface area contributed by atoms with Gasteiger partial charge in [0.1, 0.15) is 0 Å². The summed E-state index contributed by atoms with van der Waals surface area (Å²) < 4.78 is 0. The molecule has 2 nitrogen and oxygen atoms in total. The summed E-state index contributed by atoms with van der Waals surface area (Å²) in [7, 11) is 0. The summed E-state index contributed by atoms with van der Waals surface area (Å²) in [6.45, 7) is 0.816. The molecular weight excluding hydrogens is 274 g/mol. The molecule has 1 aliphatic rings. The molecule has 1 aliphatic carbocycles. The summed E-state index contributed by atoms with van der Waals surface area (Å²) in [6, 6.07) is 1.86. The summed E-state index contributed by atoms with van der Waals surface area (Å²) in [4.78, 5) is 12.3. The van der Waals surface area contributed by atoms with E-state index in [1.807, 2.05) is 16.8 Å². The van der Waals surface area contributed by atoms with Gasteiger partial charge in [-0.15, -0.1) is 0 Å². The zero-order chi connectivity index (χ0) is 10.7. The van der Waals surface area contributed by atoms with Crippen molar-refractivity contribution in [3.8, 4) is 0 Å². The molecule has 0 aromatic carbocycles. The Kier molecular flexibility index (Phi) is 3.81. The highest BCUT2D eigenvalue weighted by molar-refractivity contribution is 9.09. The number of thiophene rings is 1. The molecule has 82 valence electrons. The Bertz CT molecular complexity index is 325. The molecular formula is C11H14BrNOS. The summed E-state index contributed by atoms with van der Waals surface area (Å²) in [5.74, 6) is 0.714. The van der Waals surface area contributed by atoms with E-state index in [1.54, 1.807) is 11.3 Å². The third kappa shape index (κ3) is 3.05. The van der Waals surface area contributed by atoms with Crippen LogP contribution in [0.25, 0.3) is 0 Å². The van der Waals surface area contributed by atoms with Gasteiger partial charge in [-0.1, -0.05) is 15.9 Å². The SMILES string of the molecule is O=C(NCC1CCC(Br)C1)c1ccsc1. The highest BCUT2D eigenvalue weighted by Crippen LogP contribution is 2.30. The zero-order valence-electron chi connectivity index (χ0n) is 8.41. The van der Waals surface area contributed by atoms with Crippen LogP contribution in [0.3, 0.4) is 0 Å². The Balaban J connectivity index is 1.76. The second-order valence-electron chi connectivity index (χ2n) is 4.00. The summed E-state index contributed by atoms with van der Waals surface area (Å²) in [5.41, 5.74) is 0.786. The second kappa shape index (κ2) is 5.12. The molecule has 15 heavy (non-hydrogen) atoms. The molecule has 1 saturated carbocycles. The maximum atomic E-state index is 11.6. The predicted octanol–water partition coefficient (Wildman–Crippen LogP) is 3.04. The molecule has 0 radical (unpaired) electrons. The second-order valence-corrected chi connectivity index (χ2v) is 6.07. The molecule has 1 aromatic rings. The highest BCUT2D eigenvalue weighted by atomic mass is 79.9. The van der Waals surface area contributed by atoms with Crippen molar-refractivity contribution in [1.82, 2.24) is 5.32 Å². The van der Waals surface area contributed by atoms with Crippen LogP contribution in [0.1, 0.15) is 29.6 Å². The summed E-state index contributed by atoms with van der Waals surface area (Å²) in [6.07, 6.45) is 3.64. The van der Waals surface area contributed by atoms with Gasteiger partial charge >= 0.3 is 0 Å². The molecule has 2 unspecified atom stereocenters. The first-order valence-corrected chi connectivity index (χ1v) is 7.06. The number of amides is 1. The Hall–Kier alpha value is -0.350. The van der Waals surface area contributed by atoms with Gasteiger partial charge in [0.25, 0.3) is 5.91 Å². The number of hydrogen-bond donors (Lipinski definition) is 1. The van der Waals surface area contributed by atoms with Gasteiger partial charge in [-0.3, -0.25) is 4.79 Å². The Morgan fingerprint density at radius 2 is 2.47 bits per heavy atom. The van der Waals surface area contributed by atoms with E-state index in [4.69, 9.17) is 0 Å². The largest absolute Gasteiger partial charge is 0.352 e. The molecule has 0 spiro atoms. The average Bonchev–Trinajstić information content (AvgIpc) is 2.84. The fourth-order valence-electron chi connectivity index (χ4n) is 1.93. The summed E-state index contributed by atoms with van der Waals surface area (Å²) in [5, 5.41) is 6.81. The monoisotopic (exact) mass is 287 g/mol. The molecule has 1 fully saturated rings. The van der Waals surface area contributed by atoms with E-state index < -0.39 is 0 Å². The molecule has 0 saturated heterocycles. The minimum Gasteiger partial charge on any atom is -0.352 e. The zero-order valence-corrected chi connectivity index (χ0v) is 10.8. The van der Waals surface area contributed by atoms with Gasteiger partial charge in [-0.05, 0) is 36.6 Å². The fraction of sp³-hybridized carbons (Fsp3) is 0.545. The number of nitrogens with one attached hydrogen (secondary N) is 1. The van der Waals surface area contributed by atoms with Crippen molar-refractivity contribution in [3.05, 3.63) is 22.4 Å². The molecule has 1 amide bonds. The van der Waals surface area contributed by atoms with E-state index in [0.29, 0.717) is 10.7 Å². The Morgan fingerprint density at radius 3 is 3.07 bits per heavy atom. The van der Waals surface area contributed by atoms with Gasteiger partial charge in [0, 0.05) is 22.3 Å². The molecule has 1 heterocycles. The van der Waals surface area contributed by atoms with Crippen LogP contribution in [-0.4, -0.2) is 17.3 Å². The van der Waals surface area contributed by atoms with E-state index in [0.717, 1.165) is 12.1 Å². The topological polar surface area (TPSA) is 29.1 Å². The number of rotatable bonds is 3. The lowest BCUT2D eigenvalue weighted by atomic mass is 10.1. The minimum absolute atomic E-state index is 0.0641. The molecule has 1 aromatic heterocycles. The first kappa shape index (κ1) is 11.1. The third-order valence-electron chi connectivity index (χ3n) is 2.81. The van der Waals surface area contributed by atoms with E-state index in [-0.39, 0.29) is 5.91 Å². The van der Waals surface area contributed by atoms with E-state index >= 15 is 0 Å². The van der Waals surface area contributed by atoms with Crippen LogP contribution in [0.4, 0.5) is 0 Å². The predicted molar refractivity (Wildman–Crippen MR) is 66.7 cm³/mol. The molecule has 2 atom stereocenters. The van der Waals surface area contributed by atoms with Crippen LogP contribution < -0.4 is 5.32 Å². The van der Waals surface area contributed by atoms with Gasteiger partial charge in [-0.25, -0.2) is 0 Å². The average molecular weight is 288 g/mol. The van der Waals surface area contributed by atoms with Gasteiger partial charge in [0.05, 0.1) is 0 Å². The number of alkyl halides is 1. The van der Waals surface area contributed by atoms with Crippen LogP contribution in [0.2, 0.25) is 0 Å². The van der Waals surface area contributed by atoms with Gasteiger partial charge in [0.15, 0.2) is 0 Å². The third-order valence-corrected chi connectivity index (χ3v) is 4.33. The van der Waals surface area contributed by atoms with Crippen LogP contribution in [0.15, 0.2) is 16.8 Å². The van der Waals surface area contributed by atoms with Gasteiger partial charge < -0.3 is 5.32 Å². The quantitative estimate of drug-likeness (QED) is 0.851. The highest BCUT2D eigenvalue weighted by Gasteiger charge is 2.22. The summed E-state index contributed by atoms with van der Waals surface area (Å²) >= 11 is 5.17. The van der Waals surface area contributed by atoms with Crippen LogP contribution in [0, 0.1) is 5.92 Å². The van der Waals surface area contributed by atoms with Crippen molar-refractivity contribution >= 4 is 33.2 Å². The standard InChI is InChI=1S/C11H14BrNOS/c12-10-2-1-8(5-10)6-13-11(14)9-3-4-15-7-9/h3-4,7-8,10H,1-2,5-6H2,(H,13,14). The normalized spacial score (nSPS) is 25.4. The van der Waals surface area contributed by atoms with Crippen molar-refractivity contribution < 1.29 is 4.79 Å². The van der Waals surface area contributed by atoms with Crippen LogP contribution >= 0.6 is 27.3 Å². The molecule has 1 N–H and O–H groups in total. The number of carbonyl (C=O) groups is 1. The molecule has 0 aliphatic heterocycles. The maximum absolute atomic E-state index is 11.6. The first-order chi connectivity index (χ1) is 7.25. The lowest BCUT2D eigenvalue weighted by Gasteiger charge is -2.09. The van der Waals surface area contributed by atoms with Crippen LogP contribution in [0.5, 0.6) is 0 Å². The lowest BCUT2D eigenvalue weighted by molar-refractivity contribution is 0.0948. The fourth-order valence-corrected chi connectivity index (χ4v) is 3.36. The molecule has 2 rings (SSSR count). The Labute approximate surface area is 102 Å². The first-order valence-electron chi connectivity index (χ1n) is 5.20. The van der Waals surface area contributed by atoms with Crippen LogP contribution in [-0.2, 0) is 0 Å². The number of carbonyl (C=O) groups excluding carboxylic acids is 1. The maximum Gasteiger partial charge on any atom is 0.252 e. The van der Waals surface area contributed by atoms with E-state index in [1.165, 1.54) is 19.3 Å². The lowest BCUT2D eigenvalue weighted by Crippen LogP contribution is -2.28. The Morgan fingerprint density at radius 1 is 1.60 bits per heavy atom. The molecule has 4 heteroatoms. The van der Waals surface area contributed by atoms with E-state index in [9.17, 15) is 4.79 Å². The van der Waals surface area contributed by atoms with Crippen molar-refractivity contribution in [2.75, 3.05) is 6.54 Å². The van der Waals surface area contributed by atoms with E-state index in [2.05, 4.69) is 21.2 Å². The van der Waals surface area contributed by atoms with Crippen molar-refractivity contribution in [1.29, 1.82) is 0 Å². The van der Waals surface area contributed by atoms with Gasteiger partial charge in [-0.2, -0.15) is 11.3 Å². The minimum atomic E-state index is 0.0641.